The van der Waals surface area contributed by atoms with Crippen LogP contribution in [0.4, 0.5) is 4.79 Å². The zero-order chi connectivity index (χ0) is 10.1. The summed E-state index contributed by atoms with van der Waals surface area (Å²) in [6.45, 7) is 2.20. The highest BCUT2D eigenvalue weighted by Crippen LogP contribution is 2.40. The van der Waals surface area contributed by atoms with Gasteiger partial charge < -0.3 is 14.4 Å². The van der Waals surface area contributed by atoms with Gasteiger partial charge in [-0.1, -0.05) is 0 Å². The van der Waals surface area contributed by atoms with Crippen molar-refractivity contribution < 1.29 is 14.3 Å². The van der Waals surface area contributed by atoms with E-state index in [2.05, 4.69) is 0 Å². The molecule has 2 bridgehead atoms. The Morgan fingerprint density at radius 1 is 1.57 bits per heavy atom. The molecule has 78 valence electrons. The van der Waals surface area contributed by atoms with Gasteiger partial charge in [0.05, 0.1) is 6.61 Å². The Labute approximate surface area is 83.2 Å². The topological polar surface area (TPSA) is 46.6 Å². The molecule has 2 fully saturated rings. The number of rotatable bonds is 2. The third kappa shape index (κ3) is 1.29. The maximum absolute atomic E-state index is 11.6. The average Bonchev–Trinajstić information content (AvgIpc) is 2.74. The van der Waals surface area contributed by atoms with Crippen molar-refractivity contribution in [2.75, 3.05) is 6.61 Å². The summed E-state index contributed by atoms with van der Waals surface area (Å²) >= 11 is 0. The summed E-state index contributed by atoms with van der Waals surface area (Å²) < 4.78 is 4.97. The van der Waals surface area contributed by atoms with E-state index < -0.39 is 0 Å². The minimum Gasteiger partial charge on any atom is -0.450 e. The minimum atomic E-state index is -0.246. The number of fused-ring (bicyclic) bond motifs is 2. The van der Waals surface area contributed by atoms with Crippen molar-refractivity contribution in [2.24, 2.45) is 5.92 Å². The first-order valence-corrected chi connectivity index (χ1v) is 5.18. The van der Waals surface area contributed by atoms with Crippen molar-refractivity contribution in [1.82, 2.24) is 4.90 Å². The fourth-order valence-electron chi connectivity index (χ4n) is 2.66. The summed E-state index contributed by atoms with van der Waals surface area (Å²) in [5, 5.41) is 0. The van der Waals surface area contributed by atoms with Crippen LogP contribution < -0.4 is 0 Å². The quantitative estimate of drug-likeness (QED) is 0.625. The molecule has 0 aromatic heterocycles. The summed E-state index contributed by atoms with van der Waals surface area (Å²) in [5.41, 5.74) is 0. The third-order valence-electron chi connectivity index (χ3n) is 3.24. The van der Waals surface area contributed by atoms with Crippen LogP contribution in [-0.2, 0) is 9.53 Å². The second-order valence-corrected chi connectivity index (χ2v) is 3.94. The van der Waals surface area contributed by atoms with Crippen molar-refractivity contribution >= 4 is 12.4 Å². The Bertz CT molecular complexity index is 254. The number of carbonyl (C=O) groups excluding carboxylic acids is 2. The molecular weight excluding hydrogens is 182 g/mol. The zero-order valence-electron chi connectivity index (χ0n) is 8.31. The third-order valence-corrected chi connectivity index (χ3v) is 3.24. The number of nitrogens with zero attached hydrogens (tertiary/aromatic N) is 1. The molecule has 2 rings (SSSR count). The first kappa shape index (κ1) is 9.49. The van der Waals surface area contributed by atoms with Gasteiger partial charge in [0, 0.05) is 18.0 Å². The van der Waals surface area contributed by atoms with E-state index in [4.69, 9.17) is 4.74 Å². The van der Waals surface area contributed by atoms with Gasteiger partial charge in [-0.3, -0.25) is 0 Å². The zero-order valence-corrected chi connectivity index (χ0v) is 8.31. The predicted molar refractivity (Wildman–Crippen MR) is 49.8 cm³/mol. The molecule has 3 atom stereocenters. The monoisotopic (exact) mass is 197 g/mol. The van der Waals surface area contributed by atoms with Crippen molar-refractivity contribution in [3.05, 3.63) is 0 Å². The van der Waals surface area contributed by atoms with Gasteiger partial charge in [0.2, 0.25) is 0 Å². The largest absolute Gasteiger partial charge is 0.450 e. The predicted octanol–water partition coefficient (Wildman–Crippen LogP) is 1.19. The van der Waals surface area contributed by atoms with Gasteiger partial charge in [-0.2, -0.15) is 0 Å². The molecule has 0 aromatic rings. The molecule has 4 heteroatoms. The second kappa shape index (κ2) is 3.59. The Morgan fingerprint density at radius 3 is 2.93 bits per heavy atom. The Kier molecular flexibility index (Phi) is 2.44. The summed E-state index contributed by atoms with van der Waals surface area (Å²) in [6, 6.07) is 0.353. The molecule has 0 aromatic carbocycles. The smallest absolute Gasteiger partial charge is 0.410 e. The van der Waals surface area contributed by atoms with Crippen LogP contribution in [0.25, 0.3) is 0 Å². The van der Waals surface area contributed by atoms with Crippen molar-refractivity contribution in [2.45, 2.75) is 38.3 Å². The Hall–Kier alpha value is -1.06. The van der Waals surface area contributed by atoms with Gasteiger partial charge in [0.25, 0.3) is 0 Å². The molecule has 4 nitrogen and oxygen atoms in total. The highest BCUT2D eigenvalue weighted by molar-refractivity contribution is 5.71. The molecule has 14 heavy (non-hydrogen) atoms. The molecule has 0 radical (unpaired) electrons. The molecule has 0 N–H and O–H groups in total. The molecule has 0 spiro atoms. The SMILES string of the molecule is CCOC(=O)N1[C@H]2CC[C@@H]1[C@@H](C=O)C2. The van der Waals surface area contributed by atoms with E-state index in [0.29, 0.717) is 6.61 Å². The fraction of sp³-hybridized carbons (Fsp3) is 0.800. The van der Waals surface area contributed by atoms with Gasteiger partial charge in [-0.15, -0.1) is 0 Å². The van der Waals surface area contributed by atoms with Crippen molar-refractivity contribution in [3.8, 4) is 0 Å². The highest BCUT2D eigenvalue weighted by Gasteiger charge is 2.49. The van der Waals surface area contributed by atoms with Crippen LogP contribution in [0.5, 0.6) is 0 Å². The first-order valence-electron chi connectivity index (χ1n) is 5.18. The maximum Gasteiger partial charge on any atom is 0.410 e. The number of ether oxygens (including phenoxy) is 1. The molecule has 2 aliphatic rings. The summed E-state index contributed by atoms with van der Waals surface area (Å²) in [4.78, 5) is 24.1. The van der Waals surface area contributed by atoms with Gasteiger partial charge in [0.15, 0.2) is 0 Å². The molecule has 1 amide bonds. The van der Waals surface area contributed by atoms with Crippen LogP contribution in [0.3, 0.4) is 0 Å². The van der Waals surface area contributed by atoms with E-state index in [0.717, 1.165) is 25.5 Å². The van der Waals surface area contributed by atoms with Crippen LogP contribution in [-0.4, -0.2) is 36.0 Å². The van der Waals surface area contributed by atoms with Crippen LogP contribution in [0, 0.1) is 5.92 Å². The van der Waals surface area contributed by atoms with E-state index in [1.807, 2.05) is 0 Å². The van der Waals surface area contributed by atoms with Crippen LogP contribution in [0.15, 0.2) is 0 Å². The van der Waals surface area contributed by atoms with E-state index in [-0.39, 0.29) is 24.1 Å². The lowest BCUT2D eigenvalue weighted by molar-refractivity contribution is -0.111. The first-order chi connectivity index (χ1) is 6.77. The van der Waals surface area contributed by atoms with Crippen molar-refractivity contribution in [1.29, 1.82) is 0 Å². The number of carbonyl (C=O) groups is 2. The van der Waals surface area contributed by atoms with E-state index in [1.165, 1.54) is 0 Å². The molecular formula is C10H15NO3. The molecule has 2 heterocycles. The number of amides is 1. The standard InChI is InChI=1S/C10H15NO3/c1-2-14-10(13)11-8-3-4-9(11)7(5-8)6-12/h6-9H,2-5H2,1H3/t7-,8+,9-/m1/s1. The van der Waals surface area contributed by atoms with Crippen molar-refractivity contribution in [3.63, 3.8) is 0 Å². The van der Waals surface area contributed by atoms with E-state index >= 15 is 0 Å². The summed E-state index contributed by atoms with van der Waals surface area (Å²) in [5.74, 6) is 0.0400. The number of hydrogen-bond acceptors (Lipinski definition) is 3. The Balaban J connectivity index is 2.07. The van der Waals surface area contributed by atoms with E-state index in [9.17, 15) is 9.59 Å². The number of hydrogen-bond donors (Lipinski definition) is 0. The molecule has 0 unspecified atom stereocenters. The minimum absolute atomic E-state index is 0.0400. The molecule has 2 saturated heterocycles. The normalized spacial score (nSPS) is 34.6. The van der Waals surface area contributed by atoms with Gasteiger partial charge in [-0.05, 0) is 26.2 Å². The van der Waals surface area contributed by atoms with Gasteiger partial charge in [0.1, 0.15) is 6.29 Å². The lowest BCUT2D eigenvalue weighted by atomic mass is 9.90. The van der Waals surface area contributed by atoms with Crippen LogP contribution in [0.2, 0.25) is 0 Å². The Morgan fingerprint density at radius 2 is 2.36 bits per heavy atom. The van der Waals surface area contributed by atoms with Crippen LogP contribution >= 0.6 is 0 Å². The van der Waals surface area contributed by atoms with Gasteiger partial charge >= 0.3 is 6.09 Å². The fourth-order valence-corrected chi connectivity index (χ4v) is 2.66. The highest BCUT2D eigenvalue weighted by atomic mass is 16.6. The lowest BCUT2D eigenvalue weighted by Crippen LogP contribution is -2.37. The van der Waals surface area contributed by atoms with E-state index in [1.54, 1.807) is 11.8 Å². The molecule has 0 saturated carbocycles. The molecule has 2 aliphatic heterocycles. The summed E-state index contributed by atoms with van der Waals surface area (Å²) in [6.07, 6.45) is 3.54. The summed E-state index contributed by atoms with van der Waals surface area (Å²) in [7, 11) is 0. The van der Waals surface area contributed by atoms with Gasteiger partial charge in [-0.25, -0.2) is 4.79 Å². The van der Waals surface area contributed by atoms with Crippen LogP contribution in [0.1, 0.15) is 26.2 Å². The second-order valence-electron chi connectivity index (χ2n) is 3.94. The maximum atomic E-state index is 11.6. The number of aldehydes is 1. The molecule has 0 aliphatic carbocycles. The average molecular weight is 197 g/mol. The lowest BCUT2D eigenvalue weighted by Gasteiger charge is -2.21.